The first kappa shape index (κ1) is 29.2. The molecule has 0 aliphatic heterocycles. The summed E-state index contributed by atoms with van der Waals surface area (Å²) in [5, 5.41) is 0. The van der Waals surface area contributed by atoms with Crippen molar-refractivity contribution in [3.8, 4) is 0 Å². The predicted octanol–water partition coefficient (Wildman–Crippen LogP) is 9.65. The Bertz CT molecular complexity index is 560. The molecule has 0 aliphatic rings. The average Bonchev–Trinajstić information content (AvgIpc) is 2.78. The highest BCUT2D eigenvalue weighted by atomic mass is 15.3. The van der Waals surface area contributed by atoms with Crippen LogP contribution in [-0.4, -0.2) is 25.1 Å². The topological polar surface area (TPSA) is 0 Å². The van der Waals surface area contributed by atoms with Gasteiger partial charge in [-0.15, -0.1) is 0 Å². The molecule has 0 fully saturated rings. The van der Waals surface area contributed by atoms with E-state index in [-0.39, 0.29) is 0 Å². The number of nitrogens with zero attached hydrogens (tertiary/aromatic N) is 1. The maximum Gasteiger partial charge on any atom is 0.104 e. The Balaban J connectivity index is 2.00. The van der Waals surface area contributed by atoms with Gasteiger partial charge >= 0.3 is 0 Å². The van der Waals surface area contributed by atoms with Crippen LogP contribution in [0.2, 0.25) is 0 Å². The molecule has 0 N–H and O–H groups in total. The summed E-state index contributed by atoms with van der Waals surface area (Å²) in [4.78, 5) is 0. The minimum atomic E-state index is 1.12. The van der Waals surface area contributed by atoms with Gasteiger partial charge in [0.25, 0.3) is 0 Å². The van der Waals surface area contributed by atoms with Gasteiger partial charge in [-0.25, -0.2) is 0 Å². The zero-order chi connectivity index (χ0) is 23.5. The highest BCUT2D eigenvalue weighted by Crippen LogP contribution is 2.19. The second kappa shape index (κ2) is 18.6. The fraction of sp³-hybridized carbons (Fsp3) is 0.806. The van der Waals surface area contributed by atoms with Crippen molar-refractivity contribution < 1.29 is 4.48 Å². The lowest BCUT2D eigenvalue weighted by molar-refractivity contribution is -0.903. The average molecular weight is 445 g/mol. The third kappa shape index (κ3) is 14.4. The molecule has 0 unspecified atom stereocenters. The molecule has 0 saturated carbocycles. The predicted molar refractivity (Wildman–Crippen MR) is 145 cm³/mol. The zero-order valence-corrected chi connectivity index (χ0v) is 22.8. The SMILES string of the molecule is CCCCCCCCCCCCCCCCCC[N+](C)(C)Cc1ccc(CC)cc1CC. The van der Waals surface area contributed by atoms with E-state index in [1.54, 1.807) is 11.1 Å². The Kier molecular flexibility index (Phi) is 17.0. The van der Waals surface area contributed by atoms with Crippen LogP contribution < -0.4 is 0 Å². The normalized spacial score (nSPS) is 11.9. The quantitative estimate of drug-likeness (QED) is 0.131. The third-order valence-corrected chi connectivity index (χ3v) is 7.28. The van der Waals surface area contributed by atoms with Crippen LogP contribution in [0.5, 0.6) is 0 Å². The molecular formula is C31H58N+. The van der Waals surface area contributed by atoms with Crippen LogP contribution in [0.3, 0.4) is 0 Å². The van der Waals surface area contributed by atoms with Gasteiger partial charge in [0.15, 0.2) is 0 Å². The second-order valence-corrected chi connectivity index (χ2v) is 10.9. The van der Waals surface area contributed by atoms with Crippen molar-refractivity contribution in [1.29, 1.82) is 0 Å². The molecule has 0 radical (unpaired) electrons. The first-order valence-corrected chi connectivity index (χ1v) is 14.4. The minimum absolute atomic E-state index is 1.12. The largest absolute Gasteiger partial charge is 0.325 e. The van der Waals surface area contributed by atoms with E-state index in [9.17, 15) is 0 Å². The van der Waals surface area contributed by atoms with E-state index in [0.717, 1.165) is 17.3 Å². The van der Waals surface area contributed by atoms with Crippen molar-refractivity contribution in [1.82, 2.24) is 0 Å². The molecule has 186 valence electrons. The van der Waals surface area contributed by atoms with E-state index < -0.39 is 0 Å². The zero-order valence-electron chi connectivity index (χ0n) is 22.8. The van der Waals surface area contributed by atoms with E-state index >= 15 is 0 Å². The van der Waals surface area contributed by atoms with Gasteiger partial charge in [0.05, 0.1) is 20.6 Å². The highest BCUT2D eigenvalue weighted by molar-refractivity contribution is 5.31. The van der Waals surface area contributed by atoms with Crippen molar-refractivity contribution in [2.75, 3.05) is 20.6 Å². The maximum absolute atomic E-state index is 2.43. The minimum Gasteiger partial charge on any atom is -0.325 e. The Labute approximate surface area is 203 Å². The molecule has 0 atom stereocenters. The molecule has 1 aromatic rings. The van der Waals surface area contributed by atoms with E-state index in [2.05, 4.69) is 53.1 Å². The summed E-state index contributed by atoms with van der Waals surface area (Å²) < 4.78 is 1.12. The molecule has 0 bridgehead atoms. The number of quaternary nitrogens is 1. The van der Waals surface area contributed by atoms with Gasteiger partial charge in [0.1, 0.15) is 6.54 Å². The van der Waals surface area contributed by atoms with Crippen molar-refractivity contribution >= 4 is 0 Å². The van der Waals surface area contributed by atoms with Crippen molar-refractivity contribution in [2.24, 2.45) is 0 Å². The molecule has 0 heterocycles. The molecule has 1 heteroatoms. The van der Waals surface area contributed by atoms with E-state index in [4.69, 9.17) is 0 Å². The molecule has 0 amide bonds. The summed E-state index contributed by atoms with van der Waals surface area (Å²) in [6.07, 6.45) is 25.5. The molecule has 1 rings (SSSR count). The summed E-state index contributed by atoms with van der Waals surface area (Å²) in [5.74, 6) is 0. The highest BCUT2D eigenvalue weighted by Gasteiger charge is 2.17. The molecule has 1 aromatic carbocycles. The number of rotatable bonds is 21. The van der Waals surface area contributed by atoms with Crippen LogP contribution in [0.15, 0.2) is 18.2 Å². The lowest BCUT2D eigenvalue weighted by Gasteiger charge is -2.31. The number of hydrogen-bond donors (Lipinski definition) is 0. The Hall–Kier alpha value is -0.820. The molecule has 0 aromatic heterocycles. The van der Waals surface area contributed by atoms with Crippen LogP contribution >= 0.6 is 0 Å². The number of unbranched alkanes of at least 4 members (excludes halogenated alkanes) is 15. The maximum atomic E-state index is 2.43. The van der Waals surface area contributed by atoms with Crippen LogP contribution in [0.25, 0.3) is 0 Å². The van der Waals surface area contributed by atoms with Gasteiger partial charge in [0.2, 0.25) is 0 Å². The van der Waals surface area contributed by atoms with Gasteiger partial charge in [-0.2, -0.15) is 0 Å². The van der Waals surface area contributed by atoms with Gasteiger partial charge in [-0.1, -0.05) is 129 Å². The first-order chi connectivity index (χ1) is 15.5. The summed E-state index contributed by atoms with van der Waals surface area (Å²) >= 11 is 0. The van der Waals surface area contributed by atoms with Crippen LogP contribution in [0, 0.1) is 0 Å². The molecule has 0 aliphatic carbocycles. The Morgan fingerprint density at radius 2 is 1.00 bits per heavy atom. The monoisotopic (exact) mass is 444 g/mol. The number of aryl methyl sites for hydroxylation is 2. The standard InChI is InChI=1S/C31H58N/c1-6-9-10-11-12-13-14-15-16-17-18-19-20-21-22-23-26-32(4,5)28-31-25-24-29(7-2)27-30(31)8-3/h24-25,27H,6-23,26,28H2,1-5H3/q+1. The molecule has 0 saturated heterocycles. The summed E-state index contributed by atoms with van der Waals surface area (Å²) in [5.41, 5.74) is 4.60. The van der Waals surface area contributed by atoms with E-state index in [1.807, 2.05) is 0 Å². The molecule has 1 nitrogen and oxygen atoms in total. The van der Waals surface area contributed by atoms with Crippen molar-refractivity contribution in [3.05, 3.63) is 34.9 Å². The van der Waals surface area contributed by atoms with E-state index in [0.29, 0.717) is 0 Å². The fourth-order valence-corrected chi connectivity index (χ4v) is 5.01. The molecular weight excluding hydrogens is 386 g/mol. The van der Waals surface area contributed by atoms with Gasteiger partial charge in [-0.3, -0.25) is 0 Å². The Morgan fingerprint density at radius 3 is 1.44 bits per heavy atom. The lowest BCUT2D eigenvalue weighted by Crippen LogP contribution is -2.39. The number of hydrogen-bond acceptors (Lipinski definition) is 0. The summed E-state index contributed by atoms with van der Waals surface area (Å²) in [7, 11) is 4.83. The van der Waals surface area contributed by atoms with Crippen molar-refractivity contribution in [2.45, 2.75) is 143 Å². The van der Waals surface area contributed by atoms with Gasteiger partial charge in [-0.05, 0) is 36.8 Å². The fourth-order valence-electron chi connectivity index (χ4n) is 5.01. The first-order valence-electron chi connectivity index (χ1n) is 14.4. The van der Waals surface area contributed by atoms with Gasteiger partial charge in [0, 0.05) is 5.56 Å². The second-order valence-electron chi connectivity index (χ2n) is 10.9. The number of benzene rings is 1. The van der Waals surface area contributed by atoms with Crippen LogP contribution in [0.1, 0.15) is 140 Å². The van der Waals surface area contributed by atoms with Crippen LogP contribution in [-0.2, 0) is 19.4 Å². The summed E-state index contributed by atoms with van der Waals surface area (Å²) in [6.45, 7) is 9.33. The van der Waals surface area contributed by atoms with E-state index in [1.165, 1.54) is 121 Å². The smallest absolute Gasteiger partial charge is 0.104 e. The summed E-state index contributed by atoms with van der Waals surface area (Å²) in [6, 6.07) is 7.17. The molecule has 0 spiro atoms. The van der Waals surface area contributed by atoms with Gasteiger partial charge < -0.3 is 4.48 Å². The lowest BCUT2D eigenvalue weighted by atomic mass is 9.99. The van der Waals surface area contributed by atoms with Crippen molar-refractivity contribution in [3.63, 3.8) is 0 Å². The Morgan fingerprint density at radius 1 is 0.531 bits per heavy atom. The third-order valence-electron chi connectivity index (χ3n) is 7.28. The van der Waals surface area contributed by atoms with Crippen LogP contribution in [0.4, 0.5) is 0 Å². The molecule has 32 heavy (non-hydrogen) atoms.